The first-order chi connectivity index (χ1) is 9.39. The molecule has 0 heterocycles. The minimum absolute atomic E-state index is 0.577. The molecule has 120 valence electrons. The molecule has 0 aromatic heterocycles. The summed E-state index contributed by atoms with van der Waals surface area (Å²) in [6.45, 7) is 14.2. The van der Waals surface area contributed by atoms with Crippen LogP contribution >= 0.6 is 0 Å². The minimum atomic E-state index is 0.577. The highest BCUT2D eigenvalue weighted by Crippen LogP contribution is 2.36. The first-order valence-electron chi connectivity index (χ1n) is 8.83. The predicted molar refractivity (Wildman–Crippen MR) is 90.2 cm³/mol. The molecule has 2 unspecified atom stereocenters. The lowest BCUT2D eigenvalue weighted by Gasteiger charge is -2.40. The lowest BCUT2D eigenvalue weighted by Crippen LogP contribution is -2.48. The fourth-order valence-corrected chi connectivity index (χ4v) is 3.34. The summed E-state index contributed by atoms with van der Waals surface area (Å²) < 4.78 is 0. The zero-order chi connectivity index (χ0) is 15.2. The highest BCUT2D eigenvalue weighted by Gasteiger charge is 2.30. The van der Waals surface area contributed by atoms with Crippen molar-refractivity contribution in [3.63, 3.8) is 0 Å². The maximum atomic E-state index is 3.76. The monoisotopic (exact) mass is 282 g/mol. The number of nitrogens with one attached hydrogen (secondary N) is 1. The van der Waals surface area contributed by atoms with Crippen molar-refractivity contribution in [3.8, 4) is 0 Å². The molecule has 0 aliphatic heterocycles. The van der Waals surface area contributed by atoms with Crippen LogP contribution < -0.4 is 5.32 Å². The van der Waals surface area contributed by atoms with Crippen LogP contribution in [0.25, 0.3) is 0 Å². The van der Waals surface area contributed by atoms with Crippen LogP contribution in [0, 0.1) is 11.3 Å². The third-order valence-corrected chi connectivity index (χ3v) is 5.40. The molecule has 2 atom stereocenters. The van der Waals surface area contributed by atoms with Crippen LogP contribution in [0.4, 0.5) is 0 Å². The van der Waals surface area contributed by atoms with Gasteiger partial charge < -0.3 is 10.2 Å². The van der Waals surface area contributed by atoms with E-state index in [9.17, 15) is 0 Å². The van der Waals surface area contributed by atoms with Crippen LogP contribution in [-0.4, -0.2) is 37.1 Å². The summed E-state index contributed by atoms with van der Waals surface area (Å²) in [5, 5.41) is 3.76. The van der Waals surface area contributed by atoms with Crippen LogP contribution in [-0.2, 0) is 0 Å². The molecule has 1 N–H and O–H groups in total. The smallest absolute Gasteiger partial charge is 0.0220 e. The van der Waals surface area contributed by atoms with Crippen LogP contribution in [0.2, 0.25) is 0 Å². The van der Waals surface area contributed by atoms with Gasteiger partial charge in [-0.3, -0.25) is 0 Å². The molecule has 0 amide bonds. The van der Waals surface area contributed by atoms with Crippen molar-refractivity contribution in [3.05, 3.63) is 0 Å². The number of rotatable bonds is 8. The van der Waals surface area contributed by atoms with Crippen molar-refractivity contribution in [2.45, 2.75) is 85.2 Å². The van der Waals surface area contributed by atoms with Gasteiger partial charge in [0.25, 0.3) is 0 Å². The first-order valence-corrected chi connectivity index (χ1v) is 8.83. The van der Waals surface area contributed by atoms with E-state index in [1.165, 1.54) is 45.1 Å². The zero-order valence-corrected chi connectivity index (χ0v) is 14.8. The molecular formula is C18H38N2. The van der Waals surface area contributed by atoms with E-state index in [2.05, 4.69) is 51.9 Å². The molecule has 0 spiro atoms. The highest BCUT2D eigenvalue weighted by atomic mass is 15.2. The summed E-state index contributed by atoms with van der Waals surface area (Å²) >= 11 is 0. The Morgan fingerprint density at radius 3 is 2.30 bits per heavy atom. The van der Waals surface area contributed by atoms with Gasteiger partial charge in [-0.15, -0.1) is 0 Å². The molecule has 1 aliphatic carbocycles. The molecule has 0 aromatic rings. The van der Waals surface area contributed by atoms with Crippen molar-refractivity contribution in [1.29, 1.82) is 0 Å². The van der Waals surface area contributed by atoms with Gasteiger partial charge in [-0.1, -0.05) is 41.0 Å². The summed E-state index contributed by atoms with van der Waals surface area (Å²) in [5.41, 5.74) is 0.577. The Morgan fingerprint density at radius 1 is 1.20 bits per heavy atom. The third kappa shape index (κ3) is 5.73. The SMILES string of the molecule is CCCNC(CN(C)C1CCC(C)(C)CC1)C(C)CC. The summed E-state index contributed by atoms with van der Waals surface area (Å²) in [6.07, 6.45) is 8.03. The lowest BCUT2D eigenvalue weighted by atomic mass is 9.75. The van der Waals surface area contributed by atoms with E-state index in [1.807, 2.05) is 0 Å². The Hall–Kier alpha value is -0.0800. The standard InChI is InChI=1S/C18H38N2/c1-7-13-19-17(15(3)8-2)14-20(6)16-9-11-18(4,5)12-10-16/h15-17,19H,7-14H2,1-6H3. The van der Waals surface area contributed by atoms with E-state index in [0.717, 1.165) is 18.5 Å². The Bertz CT molecular complexity index is 252. The Kier molecular flexibility index (Phi) is 7.53. The Labute approximate surface area is 127 Å². The fraction of sp³-hybridized carbons (Fsp3) is 1.00. The van der Waals surface area contributed by atoms with E-state index >= 15 is 0 Å². The Balaban J connectivity index is 2.46. The number of nitrogens with zero attached hydrogens (tertiary/aromatic N) is 1. The first kappa shape index (κ1) is 18.0. The third-order valence-electron chi connectivity index (χ3n) is 5.40. The molecule has 0 aromatic carbocycles. The maximum absolute atomic E-state index is 3.76. The van der Waals surface area contributed by atoms with E-state index in [-0.39, 0.29) is 0 Å². The highest BCUT2D eigenvalue weighted by molar-refractivity contribution is 4.85. The van der Waals surface area contributed by atoms with Gasteiger partial charge in [-0.2, -0.15) is 0 Å². The molecule has 1 saturated carbocycles. The average molecular weight is 283 g/mol. The van der Waals surface area contributed by atoms with Gasteiger partial charge in [-0.25, -0.2) is 0 Å². The van der Waals surface area contributed by atoms with E-state index in [0.29, 0.717) is 11.5 Å². The van der Waals surface area contributed by atoms with Gasteiger partial charge in [-0.05, 0) is 57.0 Å². The Morgan fingerprint density at radius 2 is 1.80 bits per heavy atom. The summed E-state index contributed by atoms with van der Waals surface area (Å²) in [4.78, 5) is 2.63. The molecule has 1 rings (SSSR count). The molecule has 0 radical (unpaired) electrons. The van der Waals surface area contributed by atoms with Crippen molar-refractivity contribution >= 4 is 0 Å². The summed E-state index contributed by atoms with van der Waals surface area (Å²) in [7, 11) is 2.34. The van der Waals surface area contributed by atoms with Crippen molar-refractivity contribution in [2.75, 3.05) is 20.1 Å². The quantitative estimate of drug-likeness (QED) is 0.714. The summed E-state index contributed by atoms with van der Waals surface area (Å²) in [6, 6.07) is 1.46. The number of hydrogen-bond donors (Lipinski definition) is 1. The van der Waals surface area contributed by atoms with Crippen LogP contribution in [0.5, 0.6) is 0 Å². The molecule has 0 saturated heterocycles. The average Bonchev–Trinajstić information content (AvgIpc) is 2.42. The second kappa shape index (κ2) is 8.38. The van der Waals surface area contributed by atoms with E-state index in [1.54, 1.807) is 0 Å². The number of hydrogen-bond acceptors (Lipinski definition) is 2. The molecule has 0 bridgehead atoms. The second-order valence-electron chi connectivity index (χ2n) is 7.78. The molecule has 2 nitrogen and oxygen atoms in total. The van der Waals surface area contributed by atoms with Gasteiger partial charge in [0.15, 0.2) is 0 Å². The van der Waals surface area contributed by atoms with E-state index < -0.39 is 0 Å². The van der Waals surface area contributed by atoms with Gasteiger partial charge in [0.1, 0.15) is 0 Å². The molecular weight excluding hydrogens is 244 g/mol. The summed E-state index contributed by atoms with van der Waals surface area (Å²) in [5.74, 6) is 0.768. The topological polar surface area (TPSA) is 15.3 Å². The second-order valence-corrected chi connectivity index (χ2v) is 7.78. The molecule has 1 aliphatic rings. The van der Waals surface area contributed by atoms with Crippen molar-refractivity contribution in [1.82, 2.24) is 10.2 Å². The lowest BCUT2D eigenvalue weighted by molar-refractivity contribution is 0.112. The largest absolute Gasteiger partial charge is 0.312 e. The van der Waals surface area contributed by atoms with Crippen molar-refractivity contribution < 1.29 is 0 Å². The van der Waals surface area contributed by atoms with Crippen LogP contribution in [0.3, 0.4) is 0 Å². The van der Waals surface area contributed by atoms with Gasteiger partial charge >= 0.3 is 0 Å². The van der Waals surface area contributed by atoms with E-state index in [4.69, 9.17) is 0 Å². The molecule has 1 fully saturated rings. The molecule has 2 heteroatoms. The minimum Gasteiger partial charge on any atom is -0.312 e. The van der Waals surface area contributed by atoms with Gasteiger partial charge in [0, 0.05) is 18.6 Å². The zero-order valence-electron chi connectivity index (χ0n) is 14.8. The fourth-order valence-electron chi connectivity index (χ4n) is 3.34. The van der Waals surface area contributed by atoms with Crippen LogP contribution in [0.15, 0.2) is 0 Å². The normalized spacial score (nSPS) is 22.9. The van der Waals surface area contributed by atoms with Crippen molar-refractivity contribution in [2.24, 2.45) is 11.3 Å². The van der Waals surface area contributed by atoms with Gasteiger partial charge in [0.2, 0.25) is 0 Å². The maximum Gasteiger partial charge on any atom is 0.0220 e. The predicted octanol–water partition coefficient (Wildman–Crippen LogP) is 4.30. The molecule has 20 heavy (non-hydrogen) atoms. The number of likely N-dealkylation sites (N-methyl/N-ethyl adjacent to an activating group) is 1. The van der Waals surface area contributed by atoms with Gasteiger partial charge in [0.05, 0.1) is 0 Å². The van der Waals surface area contributed by atoms with Crippen LogP contribution in [0.1, 0.15) is 73.1 Å².